The van der Waals surface area contributed by atoms with Gasteiger partial charge in [-0.15, -0.1) is 0 Å². The Morgan fingerprint density at radius 1 is 1.00 bits per heavy atom. The number of ether oxygens (including phenoxy) is 1. The minimum atomic E-state index is -0.672. The summed E-state index contributed by atoms with van der Waals surface area (Å²) in [6.45, 7) is 4.28. The molecule has 5 rings (SSSR count). The van der Waals surface area contributed by atoms with Crippen LogP contribution in [-0.4, -0.2) is 33.9 Å². The van der Waals surface area contributed by atoms with Crippen molar-refractivity contribution in [1.29, 1.82) is 0 Å². The second-order valence-corrected chi connectivity index (χ2v) is 10.1. The SMILES string of the molecule is CCOC(=O)C1=C(CSc2nc3ccccc3c(=O)n2Cc2ccc(C)cc2)NC(=O)N[C@@H]1c1ccccc1. The van der Waals surface area contributed by atoms with E-state index in [1.54, 1.807) is 23.6 Å². The minimum absolute atomic E-state index is 0.153. The van der Waals surface area contributed by atoms with Crippen molar-refractivity contribution in [2.45, 2.75) is 31.6 Å². The molecule has 2 heterocycles. The molecular formula is C30H28N4O4S. The Balaban J connectivity index is 1.56. The fraction of sp³-hybridized carbons (Fsp3) is 0.200. The van der Waals surface area contributed by atoms with Gasteiger partial charge >= 0.3 is 12.0 Å². The summed E-state index contributed by atoms with van der Waals surface area (Å²) in [6.07, 6.45) is 0. The van der Waals surface area contributed by atoms with Gasteiger partial charge in [0, 0.05) is 11.4 Å². The van der Waals surface area contributed by atoms with Crippen LogP contribution in [0.3, 0.4) is 0 Å². The highest BCUT2D eigenvalue weighted by Gasteiger charge is 2.33. The first-order valence-corrected chi connectivity index (χ1v) is 13.6. The number of hydrogen-bond acceptors (Lipinski definition) is 6. The highest BCUT2D eigenvalue weighted by molar-refractivity contribution is 7.99. The summed E-state index contributed by atoms with van der Waals surface area (Å²) in [5.41, 5.74) is 4.03. The zero-order chi connectivity index (χ0) is 27.4. The van der Waals surface area contributed by atoms with Gasteiger partial charge in [-0.2, -0.15) is 0 Å². The second-order valence-electron chi connectivity index (χ2n) is 9.13. The summed E-state index contributed by atoms with van der Waals surface area (Å²) in [7, 11) is 0. The van der Waals surface area contributed by atoms with Gasteiger partial charge in [-0.3, -0.25) is 9.36 Å². The lowest BCUT2D eigenvalue weighted by Gasteiger charge is -2.29. The molecule has 1 atom stereocenters. The van der Waals surface area contributed by atoms with Crippen molar-refractivity contribution in [2.24, 2.45) is 0 Å². The summed E-state index contributed by atoms with van der Waals surface area (Å²) in [6, 6.07) is 23.4. The lowest BCUT2D eigenvalue weighted by Crippen LogP contribution is -2.46. The molecule has 2 amide bonds. The zero-order valence-electron chi connectivity index (χ0n) is 21.6. The number of rotatable bonds is 8. The molecule has 3 aromatic carbocycles. The number of esters is 1. The van der Waals surface area contributed by atoms with Crippen LogP contribution in [-0.2, 0) is 16.1 Å². The van der Waals surface area contributed by atoms with Gasteiger partial charge in [-0.25, -0.2) is 14.6 Å². The quantitative estimate of drug-likeness (QED) is 0.191. The monoisotopic (exact) mass is 540 g/mol. The molecule has 0 radical (unpaired) electrons. The van der Waals surface area contributed by atoms with Gasteiger partial charge in [-0.1, -0.05) is 84.1 Å². The van der Waals surface area contributed by atoms with Crippen LogP contribution in [0.2, 0.25) is 0 Å². The Morgan fingerprint density at radius 2 is 1.72 bits per heavy atom. The Bertz CT molecular complexity index is 1610. The van der Waals surface area contributed by atoms with E-state index in [4.69, 9.17) is 9.72 Å². The molecule has 8 nitrogen and oxygen atoms in total. The van der Waals surface area contributed by atoms with E-state index in [-0.39, 0.29) is 17.9 Å². The molecule has 39 heavy (non-hydrogen) atoms. The number of urea groups is 1. The number of fused-ring (bicyclic) bond motifs is 1. The van der Waals surface area contributed by atoms with Crippen LogP contribution < -0.4 is 16.2 Å². The fourth-order valence-electron chi connectivity index (χ4n) is 4.49. The number of hydrogen-bond donors (Lipinski definition) is 2. The van der Waals surface area contributed by atoms with Crippen molar-refractivity contribution < 1.29 is 14.3 Å². The summed E-state index contributed by atoms with van der Waals surface area (Å²) >= 11 is 1.29. The third-order valence-electron chi connectivity index (χ3n) is 6.42. The van der Waals surface area contributed by atoms with Crippen molar-refractivity contribution in [3.05, 3.63) is 117 Å². The van der Waals surface area contributed by atoms with Gasteiger partial charge in [0.05, 0.1) is 35.7 Å². The number of carbonyl (C=O) groups excluding carboxylic acids is 2. The minimum Gasteiger partial charge on any atom is -0.463 e. The van der Waals surface area contributed by atoms with E-state index in [9.17, 15) is 14.4 Å². The van der Waals surface area contributed by atoms with Crippen LogP contribution >= 0.6 is 11.8 Å². The molecule has 198 valence electrons. The first-order valence-electron chi connectivity index (χ1n) is 12.6. The van der Waals surface area contributed by atoms with Gasteiger partial charge < -0.3 is 15.4 Å². The maximum absolute atomic E-state index is 13.6. The van der Waals surface area contributed by atoms with Crippen molar-refractivity contribution in [2.75, 3.05) is 12.4 Å². The maximum Gasteiger partial charge on any atom is 0.338 e. The van der Waals surface area contributed by atoms with Crippen LogP contribution in [0.1, 0.15) is 29.7 Å². The van der Waals surface area contributed by atoms with E-state index in [1.165, 1.54) is 11.8 Å². The van der Waals surface area contributed by atoms with Crippen molar-refractivity contribution in [1.82, 2.24) is 20.2 Å². The van der Waals surface area contributed by atoms with Crippen molar-refractivity contribution in [3.63, 3.8) is 0 Å². The van der Waals surface area contributed by atoms with Crippen LogP contribution in [0.4, 0.5) is 4.79 Å². The molecule has 0 saturated carbocycles. The molecule has 0 saturated heterocycles. The lowest BCUT2D eigenvalue weighted by atomic mass is 9.95. The van der Waals surface area contributed by atoms with Crippen LogP contribution in [0.15, 0.2) is 100 Å². The Morgan fingerprint density at radius 3 is 2.46 bits per heavy atom. The van der Waals surface area contributed by atoms with Crippen molar-refractivity contribution in [3.8, 4) is 0 Å². The van der Waals surface area contributed by atoms with Gasteiger partial charge in [0.15, 0.2) is 5.16 Å². The molecule has 1 aliphatic rings. The summed E-state index contributed by atoms with van der Waals surface area (Å²) < 4.78 is 7.01. The molecule has 4 aromatic rings. The van der Waals surface area contributed by atoms with E-state index >= 15 is 0 Å². The first kappa shape index (κ1) is 26.2. The predicted molar refractivity (Wildman–Crippen MR) is 152 cm³/mol. The Kier molecular flexibility index (Phi) is 7.79. The third-order valence-corrected chi connectivity index (χ3v) is 7.42. The molecular weight excluding hydrogens is 512 g/mol. The van der Waals surface area contributed by atoms with E-state index in [2.05, 4.69) is 10.6 Å². The number of carbonyl (C=O) groups is 2. The highest BCUT2D eigenvalue weighted by atomic mass is 32.2. The third kappa shape index (κ3) is 5.73. The Labute approximate surface area is 230 Å². The van der Waals surface area contributed by atoms with Gasteiger partial charge in [0.2, 0.25) is 0 Å². The molecule has 0 unspecified atom stereocenters. The molecule has 1 aromatic heterocycles. The molecule has 9 heteroatoms. The van der Waals surface area contributed by atoms with Gasteiger partial charge in [-0.05, 0) is 37.1 Å². The number of para-hydroxylation sites is 1. The van der Waals surface area contributed by atoms with Crippen LogP contribution in [0, 0.1) is 6.92 Å². The number of amides is 2. The number of benzene rings is 3. The summed E-state index contributed by atoms with van der Waals surface area (Å²) in [5.74, 6) is -0.318. The normalized spacial score (nSPS) is 15.1. The molecule has 0 aliphatic carbocycles. The smallest absolute Gasteiger partial charge is 0.338 e. The predicted octanol–water partition coefficient (Wildman–Crippen LogP) is 4.72. The number of aromatic nitrogens is 2. The average Bonchev–Trinajstić information content (AvgIpc) is 2.95. The average molecular weight is 541 g/mol. The van der Waals surface area contributed by atoms with E-state index in [0.717, 1.165) is 16.7 Å². The summed E-state index contributed by atoms with van der Waals surface area (Å²) in [4.78, 5) is 44.2. The maximum atomic E-state index is 13.6. The van der Waals surface area contributed by atoms with Crippen molar-refractivity contribution >= 4 is 34.7 Å². The highest BCUT2D eigenvalue weighted by Crippen LogP contribution is 2.30. The summed E-state index contributed by atoms with van der Waals surface area (Å²) in [5, 5.41) is 6.65. The van der Waals surface area contributed by atoms with E-state index in [1.807, 2.05) is 73.7 Å². The topological polar surface area (TPSA) is 102 Å². The van der Waals surface area contributed by atoms with E-state index in [0.29, 0.717) is 33.9 Å². The number of nitrogens with one attached hydrogen (secondary N) is 2. The standard InChI is InChI=1S/C30H28N4O4S/c1-3-38-28(36)25-24(31-29(37)33-26(25)21-9-5-4-6-10-21)18-39-30-32-23-12-8-7-11-22(23)27(35)34(30)17-20-15-13-19(2)14-16-20/h4-16,26H,3,17-18H2,1-2H3,(H2,31,33,37)/t26-/m1/s1. The molecule has 1 aliphatic heterocycles. The first-order chi connectivity index (χ1) is 18.9. The van der Waals surface area contributed by atoms with Crippen LogP contribution in [0.5, 0.6) is 0 Å². The lowest BCUT2D eigenvalue weighted by molar-refractivity contribution is -0.139. The molecule has 0 bridgehead atoms. The number of aryl methyl sites for hydroxylation is 1. The van der Waals surface area contributed by atoms with E-state index < -0.39 is 18.0 Å². The molecule has 2 N–H and O–H groups in total. The molecule has 0 spiro atoms. The second kappa shape index (κ2) is 11.6. The Hall–Kier alpha value is -4.37. The number of nitrogens with zero attached hydrogens (tertiary/aromatic N) is 2. The van der Waals surface area contributed by atoms with Gasteiger partial charge in [0.25, 0.3) is 5.56 Å². The fourth-order valence-corrected chi connectivity index (χ4v) is 5.45. The van der Waals surface area contributed by atoms with Gasteiger partial charge in [0.1, 0.15) is 0 Å². The molecule has 0 fully saturated rings. The zero-order valence-corrected chi connectivity index (χ0v) is 22.5. The number of thioether (sulfide) groups is 1. The largest absolute Gasteiger partial charge is 0.463 e. The van der Waals surface area contributed by atoms with Crippen LogP contribution in [0.25, 0.3) is 10.9 Å².